The molecule has 0 spiro atoms. The van der Waals surface area contributed by atoms with Crippen molar-refractivity contribution in [2.75, 3.05) is 16.4 Å². The molecule has 0 saturated carbocycles. The number of benzene rings is 2. The van der Waals surface area contributed by atoms with Gasteiger partial charge in [0.1, 0.15) is 17.4 Å². The fourth-order valence-electron chi connectivity index (χ4n) is 2.41. The van der Waals surface area contributed by atoms with Crippen molar-refractivity contribution in [2.24, 2.45) is 0 Å². The van der Waals surface area contributed by atoms with Crippen LogP contribution in [0.4, 0.5) is 35.3 Å². The van der Waals surface area contributed by atoms with Crippen LogP contribution in [0.3, 0.4) is 0 Å². The van der Waals surface area contributed by atoms with E-state index in [-0.39, 0.29) is 18.1 Å². The highest BCUT2D eigenvalue weighted by Gasteiger charge is 2.29. The second-order valence-corrected chi connectivity index (χ2v) is 6.01. The first-order valence-corrected chi connectivity index (χ1v) is 8.52. The van der Waals surface area contributed by atoms with Gasteiger partial charge in [0.25, 0.3) is 0 Å². The van der Waals surface area contributed by atoms with Crippen LogP contribution in [0, 0.1) is 0 Å². The number of carbonyl (C=O) groups is 1. The molecular formula is C20H17F3N4O2. The Labute approximate surface area is 164 Å². The highest BCUT2D eigenvalue weighted by molar-refractivity contribution is 5.89. The lowest BCUT2D eigenvalue weighted by atomic mass is 10.1. The number of amides is 1. The van der Waals surface area contributed by atoms with E-state index in [1.165, 1.54) is 12.1 Å². The Balaban J connectivity index is 1.57. The Bertz CT molecular complexity index is 977. The van der Waals surface area contributed by atoms with Gasteiger partial charge in [-0.1, -0.05) is 30.3 Å². The van der Waals surface area contributed by atoms with E-state index in [9.17, 15) is 18.0 Å². The molecule has 0 radical (unpaired) electrons. The number of pyridine rings is 1. The van der Waals surface area contributed by atoms with Crippen LogP contribution in [0.5, 0.6) is 5.75 Å². The highest BCUT2D eigenvalue weighted by Crippen LogP contribution is 2.29. The van der Waals surface area contributed by atoms with Gasteiger partial charge in [0, 0.05) is 6.54 Å². The molecule has 0 unspecified atom stereocenters. The van der Waals surface area contributed by atoms with Gasteiger partial charge in [-0.2, -0.15) is 13.2 Å². The Morgan fingerprint density at radius 3 is 2.31 bits per heavy atom. The quantitative estimate of drug-likeness (QED) is 0.565. The zero-order chi connectivity index (χ0) is 20.9. The van der Waals surface area contributed by atoms with Crippen LogP contribution in [0.25, 0.3) is 0 Å². The van der Waals surface area contributed by atoms with E-state index in [0.717, 1.165) is 12.1 Å². The van der Waals surface area contributed by atoms with Crippen molar-refractivity contribution < 1.29 is 22.7 Å². The molecule has 3 aromatic rings. The number of alkyl halides is 3. The molecule has 0 bridgehead atoms. The third kappa shape index (κ3) is 5.61. The summed E-state index contributed by atoms with van der Waals surface area (Å²) >= 11 is 0. The maximum atomic E-state index is 12.6. The Hall–Kier alpha value is -3.75. The molecule has 29 heavy (non-hydrogen) atoms. The fraction of sp³-hybridized carbons (Fsp3) is 0.100. The Morgan fingerprint density at radius 1 is 1.00 bits per heavy atom. The number of aromatic nitrogens is 1. The van der Waals surface area contributed by atoms with Crippen LogP contribution in [-0.4, -0.2) is 11.1 Å². The van der Waals surface area contributed by atoms with Crippen LogP contribution in [-0.2, 0) is 12.7 Å². The minimum atomic E-state index is -4.37. The van der Waals surface area contributed by atoms with E-state index in [4.69, 9.17) is 10.5 Å². The molecule has 1 aromatic heterocycles. The van der Waals surface area contributed by atoms with Gasteiger partial charge in [-0.15, -0.1) is 0 Å². The molecular weight excluding hydrogens is 385 g/mol. The van der Waals surface area contributed by atoms with E-state index in [0.29, 0.717) is 17.1 Å². The summed E-state index contributed by atoms with van der Waals surface area (Å²) in [4.78, 5) is 16.0. The van der Waals surface area contributed by atoms with Gasteiger partial charge in [-0.3, -0.25) is 5.32 Å². The van der Waals surface area contributed by atoms with Gasteiger partial charge >= 0.3 is 12.3 Å². The number of hydrogen-bond acceptors (Lipinski definition) is 5. The fourth-order valence-corrected chi connectivity index (χ4v) is 2.41. The summed E-state index contributed by atoms with van der Waals surface area (Å²) in [6.07, 6.45) is -5.08. The number of halogens is 3. The van der Waals surface area contributed by atoms with E-state index < -0.39 is 17.8 Å². The number of para-hydroxylation sites is 1. The standard InChI is InChI=1S/C20H17F3N4O2/c21-20(22,23)14-8-6-13(7-9-14)12-25-17-11-10-16(18(24)27-17)26-19(28)29-15-4-2-1-3-5-15/h1-11H,12H2,(H,26,28)(H3,24,25,27). The number of nitrogens with zero attached hydrogens (tertiary/aromatic N) is 1. The van der Waals surface area contributed by atoms with Crippen LogP contribution < -0.4 is 21.1 Å². The first-order chi connectivity index (χ1) is 13.8. The van der Waals surface area contributed by atoms with Crippen molar-refractivity contribution in [3.63, 3.8) is 0 Å². The van der Waals surface area contributed by atoms with Gasteiger partial charge in [0.05, 0.1) is 11.3 Å². The number of carbonyl (C=O) groups excluding carboxylic acids is 1. The summed E-state index contributed by atoms with van der Waals surface area (Å²) in [7, 11) is 0. The molecule has 3 rings (SSSR count). The molecule has 6 nitrogen and oxygen atoms in total. The third-order valence-corrected chi connectivity index (χ3v) is 3.87. The summed E-state index contributed by atoms with van der Waals surface area (Å²) < 4.78 is 42.9. The molecule has 1 heterocycles. The van der Waals surface area contributed by atoms with Gasteiger partial charge in [0.15, 0.2) is 0 Å². The first kappa shape index (κ1) is 20.0. The predicted octanol–water partition coefficient (Wildman–Crippen LogP) is 4.91. The molecule has 4 N–H and O–H groups in total. The lowest BCUT2D eigenvalue weighted by Gasteiger charge is -2.11. The summed E-state index contributed by atoms with van der Waals surface area (Å²) in [6, 6.07) is 16.5. The number of nitrogen functional groups attached to an aromatic ring is 1. The molecule has 0 aliphatic rings. The van der Waals surface area contributed by atoms with Crippen LogP contribution in [0.15, 0.2) is 66.7 Å². The molecule has 9 heteroatoms. The van der Waals surface area contributed by atoms with Crippen molar-refractivity contribution >= 4 is 23.4 Å². The predicted molar refractivity (Wildman–Crippen MR) is 104 cm³/mol. The maximum Gasteiger partial charge on any atom is 0.417 e. The topological polar surface area (TPSA) is 89.3 Å². The smallest absolute Gasteiger partial charge is 0.410 e. The molecule has 0 atom stereocenters. The zero-order valence-electron chi connectivity index (χ0n) is 15.0. The van der Waals surface area contributed by atoms with Gasteiger partial charge < -0.3 is 15.8 Å². The van der Waals surface area contributed by atoms with Crippen LogP contribution in [0.1, 0.15) is 11.1 Å². The molecule has 0 fully saturated rings. The minimum Gasteiger partial charge on any atom is -0.410 e. The van der Waals surface area contributed by atoms with Gasteiger partial charge in [-0.25, -0.2) is 9.78 Å². The summed E-state index contributed by atoms with van der Waals surface area (Å²) in [5.41, 5.74) is 6.06. The summed E-state index contributed by atoms with van der Waals surface area (Å²) in [5, 5.41) is 5.46. The number of rotatable bonds is 5. The maximum absolute atomic E-state index is 12.6. The van der Waals surface area contributed by atoms with E-state index >= 15 is 0 Å². The van der Waals surface area contributed by atoms with Crippen LogP contribution >= 0.6 is 0 Å². The van der Waals surface area contributed by atoms with Crippen molar-refractivity contribution in [1.82, 2.24) is 4.98 Å². The largest absolute Gasteiger partial charge is 0.417 e. The van der Waals surface area contributed by atoms with Gasteiger partial charge in [-0.05, 0) is 42.0 Å². The zero-order valence-corrected chi connectivity index (χ0v) is 15.0. The van der Waals surface area contributed by atoms with Crippen molar-refractivity contribution in [2.45, 2.75) is 12.7 Å². The number of nitrogens with one attached hydrogen (secondary N) is 2. The average Bonchev–Trinajstić information content (AvgIpc) is 2.68. The van der Waals surface area contributed by atoms with E-state index in [1.807, 2.05) is 0 Å². The summed E-state index contributed by atoms with van der Waals surface area (Å²) in [5.74, 6) is 0.850. The normalized spacial score (nSPS) is 11.0. The SMILES string of the molecule is Nc1nc(NCc2ccc(C(F)(F)F)cc2)ccc1NC(=O)Oc1ccccc1. The molecule has 0 saturated heterocycles. The average molecular weight is 402 g/mol. The first-order valence-electron chi connectivity index (χ1n) is 8.52. The number of ether oxygens (including phenoxy) is 1. The molecule has 150 valence electrons. The number of hydrogen-bond donors (Lipinski definition) is 3. The molecule has 1 amide bonds. The third-order valence-electron chi connectivity index (χ3n) is 3.87. The lowest BCUT2D eigenvalue weighted by Crippen LogP contribution is -2.18. The van der Waals surface area contributed by atoms with Crippen molar-refractivity contribution in [1.29, 1.82) is 0 Å². The number of nitrogens with two attached hydrogens (primary N) is 1. The van der Waals surface area contributed by atoms with Gasteiger partial charge in [0.2, 0.25) is 0 Å². The summed E-state index contributed by atoms with van der Waals surface area (Å²) in [6.45, 7) is 0.257. The number of anilines is 3. The Morgan fingerprint density at radius 2 is 1.69 bits per heavy atom. The second kappa shape index (κ2) is 8.51. The second-order valence-electron chi connectivity index (χ2n) is 6.01. The monoisotopic (exact) mass is 402 g/mol. The van der Waals surface area contributed by atoms with Crippen LogP contribution in [0.2, 0.25) is 0 Å². The Kier molecular flexibility index (Phi) is 5.87. The molecule has 0 aliphatic heterocycles. The van der Waals surface area contributed by atoms with Crippen molar-refractivity contribution in [3.8, 4) is 5.75 Å². The van der Waals surface area contributed by atoms with E-state index in [2.05, 4.69) is 15.6 Å². The van der Waals surface area contributed by atoms with E-state index in [1.54, 1.807) is 42.5 Å². The lowest BCUT2D eigenvalue weighted by molar-refractivity contribution is -0.137. The minimum absolute atomic E-state index is 0.0624. The van der Waals surface area contributed by atoms with Crippen molar-refractivity contribution in [3.05, 3.63) is 77.9 Å². The molecule has 0 aliphatic carbocycles. The molecule has 2 aromatic carbocycles. The highest BCUT2D eigenvalue weighted by atomic mass is 19.4.